The van der Waals surface area contributed by atoms with E-state index in [0.717, 1.165) is 103 Å². The fraction of sp³-hybridized carbons (Fsp3) is 0.833. The van der Waals surface area contributed by atoms with E-state index < -0.39 is 5.97 Å². The van der Waals surface area contributed by atoms with E-state index in [1.807, 2.05) is 0 Å². The molecule has 0 heterocycles. The Bertz CT molecular complexity index is 689. The molecule has 0 amide bonds. The molecular formula is C36H67NO7. The van der Waals surface area contributed by atoms with Crippen molar-refractivity contribution < 1.29 is 34.0 Å². The molecule has 0 spiro atoms. The van der Waals surface area contributed by atoms with Gasteiger partial charge in [0.1, 0.15) is 0 Å². The van der Waals surface area contributed by atoms with Gasteiger partial charge in [0.15, 0.2) is 6.29 Å². The van der Waals surface area contributed by atoms with Gasteiger partial charge < -0.3 is 29.3 Å². The summed E-state index contributed by atoms with van der Waals surface area (Å²) in [7, 11) is 0. The van der Waals surface area contributed by atoms with Crippen LogP contribution in [-0.4, -0.2) is 78.9 Å². The summed E-state index contributed by atoms with van der Waals surface area (Å²) in [5.74, 6) is -0.944. The molecule has 0 aromatic carbocycles. The van der Waals surface area contributed by atoms with Gasteiger partial charge in [-0.05, 0) is 90.1 Å². The topological polar surface area (TPSA) is 106 Å². The minimum atomic E-state index is -0.755. The number of carboxylic acids is 1. The summed E-state index contributed by atoms with van der Waals surface area (Å²) in [4.78, 5) is 25.2. The van der Waals surface area contributed by atoms with Gasteiger partial charge in [0.25, 0.3) is 0 Å². The molecule has 1 atom stereocenters. The minimum absolute atomic E-state index is 0.189. The number of rotatable bonds is 33. The van der Waals surface area contributed by atoms with Crippen molar-refractivity contribution in [3.8, 4) is 0 Å². The van der Waals surface area contributed by atoms with Crippen molar-refractivity contribution in [3.05, 3.63) is 24.3 Å². The average molecular weight is 626 g/mol. The molecule has 44 heavy (non-hydrogen) atoms. The Morgan fingerprint density at radius 3 is 1.86 bits per heavy atom. The van der Waals surface area contributed by atoms with Crippen molar-refractivity contribution in [3.63, 3.8) is 0 Å². The Hall–Kier alpha value is -1.74. The first-order chi connectivity index (χ1) is 21.4. The molecule has 2 N–H and O–H groups in total. The lowest BCUT2D eigenvalue weighted by molar-refractivity contribution is -0.159. The van der Waals surface area contributed by atoms with E-state index in [0.29, 0.717) is 52.0 Å². The molecule has 258 valence electrons. The Labute approximate surface area is 269 Å². The number of aliphatic hydroxyl groups excluding tert-OH is 1. The number of esters is 1. The van der Waals surface area contributed by atoms with Gasteiger partial charge in [-0.1, -0.05) is 70.8 Å². The van der Waals surface area contributed by atoms with E-state index in [9.17, 15) is 14.7 Å². The predicted octanol–water partition coefficient (Wildman–Crippen LogP) is 8.22. The molecule has 1 unspecified atom stereocenters. The molecule has 0 fully saturated rings. The van der Waals surface area contributed by atoms with Crippen molar-refractivity contribution in [1.29, 1.82) is 0 Å². The summed E-state index contributed by atoms with van der Waals surface area (Å²) in [6.07, 6.45) is 24.6. The summed E-state index contributed by atoms with van der Waals surface area (Å²) in [6, 6.07) is 0. The Balaban J connectivity index is 4.09. The molecule has 0 radical (unpaired) electrons. The lowest BCUT2D eigenvalue weighted by Crippen LogP contribution is -2.33. The van der Waals surface area contributed by atoms with Gasteiger partial charge in [-0.15, -0.1) is 0 Å². The molecular weight excluding hydrogens is 558 g/mol. The molecule has 0 aromatic rings. The molecule has 8 nitrogen and oxygen atoms in total. The number of allylic oxidation sites excluding steroid dienone is 4. The van der Waals surface area contributed by atoms with Gasteiger partial charge in [-0.25, -0.2) is 0 Å². The normalized spacial score (nSPS) is 12.7. The quantitative estimate of drug-likeness (QED) is 0.0325. The van der Waals surface area contributed by atoms with Gasteiger partial charge in [0.2, 0.25) is 0 Å². The molecule has 0 aliphatic rings. The van der Waals surface area contributed by atoms with Gasteiger partial charge >= 0.3 is 11.9 Å². The Morgan fingerprint density at radius 2 is 1.27 bits per heavy atom. The number of carbonyl (C=O) groups is 2. The van der Waals surface area contributed by atoms with Crippen LogP contribution in [0.1, 0.15) is 143 Å². The van der Waals surface area contributed by atoms with Crippen LogP contribution in [0.4, 0.5) is 0 Å². The number of nitrogens with zero attached hydrogens (tertiary/aromatic N) is 1. The maximum atomic E-state index is 12.4. The monoisotopic (exact) mass is 625 g/mol. The zero-order valence-corrected chi connectivity index (χ0v) is 28.5. The molecule has 0 saturated carbocycles. The van der Waals surface area contributed by atoms with Crippen molar-refractivity contribution in [2.75, 3.05) is 39.5 Å². The number of aliphatic hydroxyl groups is 1. The number of hydrogen-bond acceptors (Lipinski definition) is 7. The van der Waals surface area contributed by atoms with E-state index >= 15 is 0 Å². The summed E-state index contributed by atoms with van der Waals surface area (Å²) in [5, 5.41) is 19.0. The lowest BCUT2D eigenvalue weighted by Gasteiger charge is -2.23. The summed E-state index contributed by atoms with van der Waals surface area (Å²) in [5.41, 5.74) is 0. The Morgan fingerprint density at radius 1 is 0.682 bits per heavy atom. The highest BCUT2D eigenvalue weighted by molar-refractivity contribution is 5.69. The third kappa shape index (κ3) is 30.3. The van der Waals surface area contributed by atoms with Crippen molar-refractivity contribution >= 4 is 11.9 Å². The SMILES string of the molecule is CC/C=C\CCCCOC(CCC(=O)OCCCCCCN(CC)CC(O)CCCCCC(=O)O)OCCCC/C=C\CC. The smallest absolute Gasteiger partial charge is 0.305 e. The van der Waals surface area contributed by atoms with E-state index in [2.05, 4.69) is 50.0 Å². The van der Waals surface area contributed by atoms with Crippen LogP contribution in [0.3, 0.4) is 0 Å². The predicted molar refractivity (Wildman–Crippen MR) is 180 cm³/mol. The average Bonchev–Trinajstić information content (AvgIpc) is 3.00. The van der Waals surface area contributed by atoms with Gasteiger partial charge in [-0.2, -0.15) is 0 Å². The number of unbranched alkanes of at least 4 members (excludes halogenated alkanes) is 9. The standard InChI is InChI=1S/C36H67NO7/c1-4-7-9-11-14-22-30-43-36(44-31-23-15-12-10-8-5-2)27-26-35(41)42-29-21-16-13-20-28-37(6-3)32-33(38)24-18-17-19-25-34(39)40/h7-10,33,36,38H,4-6,11-32H2,1-3H3,(H,39,40)/b9-7-,10-8-. The molecule has 0 aromatic heterocycles. The highest BCUT2D eigenvalue weighted by Gasteiger charge is 2.14. The van der Waals surface area contributed by atoms with Crippen molar-refractivity contribution in [1.82, 2.24) is 4.90 Å². The molecule has 0 saturated heterocycles. The fourth-order valence-corrected chi connectivity index (χ4v) is 4.83. The van der Waals surface area contributed by atoms with Crippen LogP contribution in [-0.2, 0) is 23.8 Å². The number of ether oxygens (including phenoxy) is 3. The van der Waals surface area contributed by atoms with E-state index in [-0.39, 0.29) is 24.8 Å². The van der Waals surface area contributed by atoms with Crippen LogP contribution in [0, 0.1) is 0 Å². The second kappa shape index (κ2) is 32.6. The highest BCUT2D eigenvalue weighted by Crippen LogP contribution is 2.12. The summed E-state index contributed by atoms with van der Waals surface area (Å²) < 4.78 is 17.5. The van der Waals surface area contributed by atoms with Crippen LogP contribution < -0.4 is 0 Å². The van der Waals surface area contributed by atoms with Crippen molar-refractivity contribution in [2.45, 2.75) is 155 Å². The maximum absolute atomic E-state index is 12.4. The molecule has 0 aliphatic carbocycles. The molecule has 0 rings (SSSR count). The lowest BCUT2D eigenvalue weighted by atomic mass is 10.1. The van der Waals surface area contributed by atoms with E-state index in [1.54, 1.807) is 0 Å². The largest absolute Gasteiger partial charge is 0.481 e. The second-order valence-corrected chi connectivity index (χ2v) is 11.6. The van der Waals surface area contributed by atoms with Crippen LogP contribution in [0.25, 0.3) is 0 Å². The van der Waals surface area contributed by atoms with Crippen LogP contribution >= 0.6 is 0 Å². The first-order valence-electron chi connectivity index (χ1n) is 17.7. The zero-order chi connectivity index (χ0) is 32.5. The van der Waals surface area contributed by atoms with Crippen molar-refractivity contribution in [2.24, 2.45) is 0 Å². The van der Waals surface area contributed by atoms with Gasteiger partial charge in [-0.3, -0.25) is 9.59 Å². The number of likely N-dealkylation sites (N-methyl/N-ethyl adjacent to an activating group) is 1. The highest BCUT2D eigenvalue weighted by atomic mass is 16.7. The summed E-state index contributed by atoms with van der Waals surface area (Å²) in [6.45, 7) is 10.6. The molecule has 0 aliphatic heterocycles. The minimum Gasteiger partial charge on any atom is -0.481 e. The van der Waals surface area contributed by atoms with E-state index in [4.69, 9.17) is 19.3 Å². The van der Waals surface area contributed by atoms with Gasteiger partial charge in [0, 0.05) is 32.6 Å². The number of carbonyl (C=O) groups excluding carboxylic acids is 1. The first-order valence-corrected chi connectivity index (χ1v) is 17.7. The Kier molecular flexibility index (Phi) is 31.4. The van der Waals surface area contributed by atoms with Crippen LogP contribution in [0.15, 0.2) is 24.3 Å². The van der Waals surface area contributed by atoms with Gasteiger partial charge in [0.05, 0.1) is 19.1 Å². The molecule has 8 heteroatoms. The third-order valence-electron chi connectivity index (χ3n) is 7.50. The first kappa shape index (κ1) is 42.3. The third-order valence-corrected chi connectivity index (χ3v) is 7.50. The maximum Gasteiger partial charge on any atom is 0.305 e. The number of carboxylic acid groups (broad SMARTS) is 1. The summed E-state index contributed by atoms with van der Waals surface area (Å²) >= 11 is 0. The molecule has 0 bridgehead atoms. The number of hydrogen-bond donors (Lipinski definition) is 2. The van der Waals surface area contributed by atoms with Crippen LogP contribution in [0.2, 0.25) is 0 Å². The van der Waals surface area contributed by atoms with E-state index in [1.165, 1.54) is 0 Å². The zero-order valence-electron chi connectivity index (χ0n) is 28.5. The number of aliphatic carboxylic acids is 1. The second-order valence-electron chi connectivity index (χ2n) is 11.6. The van der Waals surface area contributed by atoms with Crippen LogP contribution in [0.5, 0.6) is 0 Å². The fourth-order valence-electron chi connectivity index (χ4n) is 4.83.